The topological polar surface area (TPSA) is 71.8 Å². The highest BCUT2D eigenvalue weighted by Crippen LogP contribution is 2.17. The number of halogens is 1. The summed E-state index contributed by atoms with van der Waals surface area (Å²) >= 11 is 6.03. The van der Waals surface area contributed by atoms with Gasteiger partial charge in [-0.2, -0.15) is 5.10 Å². The van der Waals surface area contributed by atoms with Gasteiger partial charge in [0.05, 0.1) is 16.8 Å². The number of hydrogen-bond acceptors (Lipinski definition) is 4. The molecule has 0 aliphatic carbocycles. The number of nitrogens with one attached hydrogen (secondary N) is 2. The van der Waals surface area contributed by atoms with Gasteiger partial charge in [0.15, 0.2) is 0 Å². The fourth-order valence-corrected chi connectivity index (χ4v) is 2.10. The molecular weight excluding hydrogens is 290 g/mol. The van der Waals surface area contributed by atoms with Crippen LogP contribution in [0.1, 0.15) is 22.8 Å². The Morgan fingerprint density at radius 1 is 1.43 bits per heavy atom. The normalized spacial score (nSPS) is 10.4. The minimum Gasteiger partial charge on any atom is -0.370 e. The molecule has 0 aliphatic heterocycles. The summed E-state index contributed by atoms with van der Waals surface area (Å²) in [6, 6.07) is 1.66. The van der Waals surface area contributed by atoms with Crippen LogP contribution in [0.15, 0.2) is 24.7 Å². The molecule has 0 spiro atoms. The fraction of sp³-hybridized carbons (Fsp3) is 0.357. The van der Waals surface area contributed by atoms with Crippen LogP contribution in [0.3, 0.4) is 0 Å². The van der Waals surface area contributed by atoms with Crippen LogP contribution in [0.5, 0.6) is 0 Å². The molecule has 0 aromatic carbocycles. The summed E-state index contributed by atoms with van der Waals surface area (Å²) in [5.74, 6) is 0.435. The predicted octanol–water partition coefficient (Wildman–Crippen LogP) is 1.87. The Hall–Kier alpha value is -2.08. The van der Waals surface area contributed by atoms with Crippen LogP contribution in [0.4, 0.5) is 5.82 Å². The molecule has 0 radical (unpaired) electrons. The number of carbonyl (C=O) groups is 1. The standard InChI is InChI=1S/C14H18ClN5O/c1-3-16-13-6-11(12(15)8-18-13)14(21)17-5-4-10-7-19-20(2)9-10/h6-9H,3-5H2,1-2H3,(H,16,18)(H,17,21). The number of hydrogen-bond donors (Lipinski definition) is 2. The van der Waals surface area contributed by atoms with Crippen LogP contribution >= 0.6 is 11.6 Å². The largest absolute Gasteiger partial charge is 0.370 e. The highest BCUT2D eigenvalue weighted by Gasteiger charge is 2.11. The zero-order valence-electron chi connectivity index (χ0n) is 12.1. The predicted molar refractivity (Wildman–Crippen MR) is 82.7 cm³/mol. The third kappa shape index (κ3) is 4.19. The van der Waals surface area contributed by atoms with Crippen LogP contribution in [-0.4, -0.2) is 33.8 Å². The zero-order valence-corrected chi connectivity index (χ0v) is 12.8. The van der Waals surface area contributed by atoms with Gasteiger partial charge < -0.3 is 10.6 Å². The number of aryl methyl sites for hydroxylation is 1. The van der Waals surface area contributed by atoms with E-state index < -0.39 is 0 Å². The summed E-state index contributed by atoms with van der Waals surface area (Å²) in [6.07, 6.45) is 5.92. The van der Waals surface area contributed by atoms with E-state index >= 15 is 0 Å². The van der Waals surface area contributed by atoms with E-state index in [0.29, 0.717) is 22.9 Å². The quantitative estimate of drug-likeness (QED) is 0.854. The van der Waals surface area contributed by atoms with E-state index in [-0.39, 0.29) is 5.91 Å². The molecule has 0 saturated heterocycles. The van der Waals surface area contributed by atoms with Gasteiger partial charge in [-0.3, -0.25) is 9.48 Å². The van der Waals surface area contributed by atoms with Gasteiger partial charge in [0.25, 0.3) is 5.91 Å². The summed E-state index contributed by atoms with van der Waals surface area (Å²) in [5.41, 5.74) is 1.50. The molecular formula is C14H18ClN5O. The van der Waals surface area contributed by atoms with E-state index in [0.717, 1.165) is 18.5 Å². The van der Waals surface area contributed by atoms with Crippen molar-refractivity contribution in [2.75, 3.05) is 18.4 Å². The van der Waals surface area contributed by atoms with Crippen molar-refractivity contribution in [3.63, 3.8) is 0 Å². The van der Waals surface area contributed by atoms with E-state index in [1.807, 2.05) is 20.2 Å². The monoisotopic (exact) mass is 307 g/mol. The second-order valence-corrected chi connectivity index (χ2v) is 5.02. The van der Waals surface area contributed by atoms with Crippen molar-refractivity contribution >= 4 is 23.3 Å². The third-order valence-electron chi connectivity index (χ3n) is 2.92. The maximum absolute atomic E-state index is 12.1. The molecule has 6 nitrogen and oxygen atoms in total. The number of amides is 1. The SMILES string of the molecule is CCNc1cc(C(=O)NCCc2cnn(C)c2)c(Cl)cn1. The van der Waals surface area contributed by atoms with Gasteiger partial charge >= 0.3 is 0 Å². The number of rotatable bonds is 6. The van der Waals surface area contributed by atoms with Crippen molar-refractivity contribution in [3.05, 3.63) is 40.8 Å². The number of anilines is 1. The molecule has 2 aromatic rings. The van der Waals surface area contributed by atoms with E-state index in [9.17, 15) is 4.79 Å². The molecule has 0 fully saturated rings. The van der Waals surface area contributed by atoms with Gasteiger partial charge in [-0.05, 0) is 25.0 Å². The first-order valence-corrected chi connectivity index (χ1v) is 7.13. The average molecular weight is 308 g/mol. The second-order valence-electron chi connectivity index (χ2n) is 4.61. The van der Waals surface area contributed by atoms with Crippen LogP contribution in [0.2, 0.25) is 5.02 Å². The number of nitrogens with zero attached hydrogens (tertiary/aromatic N) is 3. The van der Waals surface area contributed by atoms with Crippen LogP contribution < -0.4 is 10.6 Å². The lowest BCUT2D eigenvalue weighted by Gasteiger charge is -2.08. The minimum atomic E-state index is -0.203. The Labute approximate surface area is 128 Å². The first-order valence-electron chi connectivity index (χ1n) is 6.75. The summed E-state index contributed by atoms with van der Waals surface area (Å²) in [6.45, 7) is 3.22. The molecule has 0 aliphatic rings. The van der Waals surface area contributed by atoms with Gasteiger partial charge in [0.1, 0.15) is 5.82 Å². The molecule has 0 bridgehead atoms. The van der Waals surface area contributed by atoms with Crippen LogP contribution in [-0.2, 0) is 13.5 Å². The summed E-state index contributed by atoms with van der Waals surface area (Å²) in [7, 11) is 1.86. The Morgan fingerprint density at radius 2 is 2.24 bits per heavy atom. The lowest BCUT2D eigenvalue weighted by Crippen LogP contribution is -2.26. The highest BCUT2D eigenvalue weighted by atomic mass is 35.5. The number of aromatic nitrogens is 3. The van der Waals surface area contributed by atoms with Crippen molar-refractivity contribution in [1.29, 1.82) is 0 Å². The number of pyridine rings is 1. The van der Waals surface area contributed by atoms with Gasteiger partial charge in [-0.25, -0.2) is 4.98 Å². The number of carbonyl (C=O) groups excluding carboxylic acids is 1. The van der Waals surface area contributed by atoms with Crippen molar-refractivity contribution in [1.82, 2.24) is 20.1 Å². The fourth-order valence-electron chi connectivity index (χ4n) is 1.91. The Kier molecular flexibility index (Phi) is 5.16. The van der Waals surface area contributed by atoms with E-state index in [2.05, 4.69) is 20.7 Å². The van der Waals surface area contributed by atoms with Crippen molar-refractivity contribution < 1.29 is 4.79 Å². The molecule has 0 atom stereocenters. The van der Waals surface area contributed by atoms with E-state index in [1.54, 1.807) is 16.9 Å². The average Bonchev–Trinajstić information content (AvgIpc) is 2.87. The summed E-state index contributed by atoms with van der Waals surface area (Å²) in [5, 5.41) is 10.3. The Balaban J connectivity index is 1.94. The van der Waals surface area contributed by atoms with Crippen molar-refractivity contribution in [3.8, 4) is 0 Å². The molecule has 2 aromatic heterocycles. The smallest absolute Gasteiger partial charge is 0.253 e. The van der Waals surface area contributed by atoms with E-state index in [1.165, 1.54) is 6.20 Å². The molecule has 1 amide bonds. The highest BCUT2D eigenvalue weighted by molar-refractivity contribution is 6.33. The maximum Gasteiger partial charge on any atom is 0.253 e. The first-order chi connectivity index (χ1) is 10.1. The molecule has 0 unspecified atom stereocenters. The molecule has 2 rings (SSSR count). The van der Waals surface area contributed by atoms with E-state index in [4.69, 9.17) is 11.6 Å². The lowest BCUT2D eigenvalue weighted by atomic mass is 10.2. The van der Waals surface area contributed by atoms with Crippen LogP contribution in [0, 0.1) is 0 Å². The second kappa shape index (κ2) is 7.08. The molecule has 0 saturated carbocycles. The molecule has 2 N–H and O–H groups in total. The molecule has 2 heterocycles. The van der Waals surface area contributed by atoms with Gasteiger partial charge in [-0.1, -0.05) is 11.6 Å². The van der Waals surface area contributed by atoms with Crippen LogP contribution in [0.25, 0.3) is 0 Å². The first kappa shape index (κ1) is 15.3. The zero-order chi connectivity index (χ0) is 15.2. The summed E-state index contributed by atoms with van der Waals surface area (Å²) in [4.78, 5) is 16.3. The Bertz CT molecular complexity index is 626. The lowest BCUT2D eigenvalue weighted by molar-refractivity contribution is 0.0954. The molecule has 7 heteroatoms. The van der Waals surface area contributed by atoms with Crippen molar-refractivity contribution in [2.45, 2.75) is 13.3 Å². The summed E-state index contributed by atoms with van der Waals surface area (Å²) < 4.78 is 1.74. The van der Waals surface area contributed by atoms with Gasteiger partial charge in [0.2, 0.25) is 0 Å². The molecule has 112 valence electrons. The van der Waals surface area contributed by atoms with Crippen molar-refractivity contribution in [2.24, 2.45) is 7.05 Å². The van der Waals surface area contributed by atoms with Gasteiger partial charge in [0, 0.05) is 32.5 Å². The molecule has 21 heavy (non-hydrogen) atoms. The Morgan fingerprint density at radius 3 is 2.90 bits per heavy atom. The van der Waals surface area contributed by atoms with Gasteiger partial charge in [-0.15, -0.1) is 0 Å². The minimum absolute atomic E-state index is 0.203. The third-order valence-corrected chi connectivity index (χ3v) is 3.22. The maximum atomic E-state index is 12.1.